The predicted molar refractivity (Wildman–Crippen MR) is 82.2 cm³/mol. The molecule has 0 radical (unpaired) electrons. The summed E-state index contributed by atoms with van der Waals surface area (Å²) in [4.78, 5) is 2.21. The Bertz CT molecular complexity index is 392. The van der Waals surface area contributed by atoms with E-state index in [-0.39, 0.29) is 36.9 Å². The van der Waals surface area contributed by atoms with E-state index in [0.717, 1.165) is 19.6 Å². The Morgan fingerprint density at radius 2 is 1.81 bits per heavy atom. The van der Waals surface area contributed by atoms with Gasteiger partial charge in [-0.2, -0.15) is 18.3 Å². The summed E-state index contributed by atoms with van der Waals surface area (Å²) in [5.41, 5.74) is -0.611. The highest BCUT2D eigenvalue weighted by Crippen LogP contribution is 2.30. The maximum Gasteiger partial charge on any atom is 0.435 e. The van der Waals surface area contributed by atoms with Crippen LogP contribution < -0.4 is 5.32 Å². The monoisotopic (exact) mass is 350 g/mol. The van der Waals surface area contributed by atoms with E-state index in [1.165, 1.54) is 17.9 Å². The first-order chi connectivity index (χ1) is 8.88. The minimum atomic E-state index is -4.39. The molecule has 0 saturated heterocycles. The molecule has 0 amide bonds. The molecule has 4 nitrogen and oxygen atoms in total. The molecule has 21 heavy (non-hydrogen) atoms. The second kappa shape index (κ2) is 10.3. The van der Waals surface area contributed by atoms with E-state index in [1.807, 2.05) is 0 Å². The average Bonchev–Trinajstić information content (AvgIpc) is 2.71. The van der Waals surface area contributed by atoms with Crippen molar-refractivity contribution in [2.24, 2.45) is 7.05 Å². The summed E-state index contributed by atoms with van der Waals surface area (Å²) in [7, 11) is 1.49. The number of nitrogens with one attached hydrogen (secondary N) is 1. The number of halogens is 5. The Morgan fingerprint density at radius 3 is 2.29 bits per heavy atom. The molecule has 1 heterocycles. The van der Waals surface area contributed by atoms with Crippen molar-refractivity contribution in [3.05, 3.63) is 17.5 Å². The van der Waals surface area contributed by atoms with Crippen molar-refractivity contribution in [3.8, 4) is 0 Å². The van der Waals surface area contributed by atoms with Crippen LogP contribution >= 0.6 is 24.8 Å². The molecule has 0 aliphatic heterocycles. The second-order valence-corrected chi connectivity index (χ2v) is 4.38. The Balaban J connectivity index is 0. The number of hydrogen-bond donors (Lipinski definition) is 1. The van der Waals surface area contributed by atoms with Crippen molar-refractivity contribution in [1.29, 1.82) is 0 Å². The van der Waals surface area contributed by atoms with Crippen molar-refractivity contribution in [3.63, 3.8) is 0 Å². The number of aryl methyl sites for hydroxylation is 1. The van der Waals surface area contributed by atoms with Crippen molar-refractivity contribution >= 4 is 24.8 Å². The molecule has 1 N–H and O–H groups in total. The molecule has 0 saturated carbocycles. The third kappa shape index (κ3) is 7.35. The van der Waals surface area contributed by atoms with Gasteiger partial charge in [-0.3, -0.25) is 4.68 Å². The van der Waals surface area contributed by atoms with Crippen LogP contribution in [-0.2, 0) is 19.8 Å². The standard InChI is InChI=1S/C12H21F3N4.2ClH/c1-4-19(5-2)7-6-16-8-10-9-18(3)17-11(10)12(13,14)15;;/h9,16H,4-8H2,1-3H3;2*1H. The van der Waals surface area contributed by atoms with Crippen LogP contribution in [0, 0.1) is 0 Å². The van der Waals surface area contributed by atoms with Crippen molar-refractivity contribution in [1.82, 2.24) is 20.0 Å². The fraction of sp³-hybridized carbons (Fsp3) is 0.750. The fourth-order valence-electron chi connectivity index (χ4n) is 1.91. The summed E-state index contributed by atoms with van der Waals surface area (Å²) in [5.74, 6) is 0. The predicted octanol–water partition coefficient (Wildman–Crippen LogP) is 2.71. The fourth-order valence-corrected chi connectivity index (χ4v) is 1.91. The zero-order valence-corrected chi connectivity index (χ0v) is 14.0. The summed E-state index contributed by atoms with van der Waals surface area (Å²) >= 11 is 0. The smallest absolute Gasteiger partial charge is 0.311 e. The molecule has 0 bridgehead atoms. The zero-order valence-electron chi connectivity index (χ0n) is 12.4. The number of nitrogens with zero attached hydrogens (tertiary/aromatic N) is 3. The number of hydrogen-bond acceptors (Lipinski definition) is 3. The van der Waals surface area contributed by atoms with Gasteiger partial charge in [0.1, 0.15) is 0 Å². The largest absolute Gasteiger partial charge is 0.435 e. The van der Waals surface area contributed by atoms with Crippen LogP contribution in [-0.4, -0.2) is 40.9 Å². The van der Waals surface area contributed by atoms with Crippen LogP contribution in [0.5, 0.6) is 0 Å². The zero-order chi connectivity index (χ0) is 14.5. The third-order valence-electron chi connectivity index (χ3n) is 2.99. The van der Waals surface area contributed by atoms with Gasteiger partial charge in [-0.15, -0.1) is 24.8 Å². The van der Waals surface area contributed by atoms with Gasteiger partial charge < -0.3 is 10.2 Å². The molecule has 0 atom stereocenters. The van der Waals surface area contributed by atoms with Crippen LogP contribution in [0.25, 0.3) is 0 Å². The maximum atomic E-state index is 12.7. The number of rotatable bonds is 7. The van der Waals surface area contributed by atoms with E-state index in [0.29, 0.717) is 6.54 Å². The second-order valence-electron chi connectivity index (χ2n) is 4.38. The van der Waals surface area contributed by atoms with Gasteiger partial charge in [0.15, 0.2) is 5.69 Å². The molecule has 9 heteroatoms. The van der Waals surface area contributed by atoms with E-state index in [2.05, 4.69) is 29.2 Å². The summed E-state index contributed by atoms with van der Waals surface area (Å²) in [6.45, 7) is 7.68. The molecule has 0 fully saturated rings. The molecule has 0 aliphatic rings. The Kier molecular flexibility index (Phi) is 11.1. The molecule has 1 aromatic rings. The van der Waals surface area contributed by atoms with Gasteiger partial charge in [0.2, 0.25) is 0 Å². The minimum absolute atomic E-state index is 0. The number of alkyl halides is 3. The number of aromatic nitrogens is 2. The molecule has 1 aromatic heterocycles. The molecule has 1 rings (SSSR count). The van der Waals surface area contributed by atoms with Crippen LogP contribution in [0.15, 0.2) is 6.20 Å². The van der Waals surface area contributed by atoms with Gasteiger partial charge in [-0.05, 0) is 13.1 Å². The molecule has 0 unspecified atom stereocenters. The molecule has 0 spiro atoms. The Morgan fingerprint density at radius 1 is 1.24 bits per heavy atom. The number of likely N-dealkylation sites (N-methyl/N-ethyl adjacent to an activating group) is 1. The van der Waals surface area contributed by atoms with Crippen LogP contribution in [0.2, 0.25) is 0 Å². The van der Waals surface area contributed by atoms with Gasteiger partial charge >= 0.3 is 6.18 Å². The molecule has 0 aliphatic carbocycles. The van der Waals surface area contributed by atoms with Gasteiger partial charge in [0.25, 0.3) is 0 Å². The van der Waals surface area contributed by atoms with E-state index >= 15 is 0 Å². The third-order valence-corrected chi connectivity index (χ3v) is 2.99. The quantitative estimate of drug-likeness (QED) is 0.767. The van der Waals surface area contributed by atoms with E-state index in [9.17, 15) is 13.2 Å². The molecule has 126 valence electrons. The Hall–Kier alpha value is -0.500. The topological polar surface area (TPSA) is 33.1 Å². The maximum absolute atomic E-state index is 12.7. The van der Waals surface area contributed by atoms with Crippen LogP contribution in [0.3, 0.4) is 0 Å². The normalized spacial score (nSPS) is 11.2. The first-order valence-corrected chi connectivity index (χ1v) is 6.41. The van der Waals surface area contributed by atoms with E-state index in [4.69, 9.17) is 0 Å². The van der Waals surface area contributed by atoms with Gasteiger partial charge in [-0.25, -0.2) is 0 Å². The van der Waals surface area contributed by atoms with Gasteiger partial charge in [0, 0.05) is 38.4 Å². The highest BCUT2D eigenvalue weighted by Gasteiger charge is 2.36. The van der Waals surface area contributed by atoms with Crippen molar-refractivity contribution in [2.45, 2.75) is 26.6 Å². The minimum Gasteiger partial charge on any atom is -0.311 e. The van der Waals surface area contributed by atoms with Crippen molar-refractivity contribution < 1.29 is 13.2 Å². The SMILES string of the molecule is CCN(CC)CCNCc1cn(C)nc1C(F)(F)F.Cl.Cl. The summed E-state index contributed by atoms with van der Waals surface area (Å²) in [6, 6.07) is 0. The highest BCUT2D eigenvalue weighted by molar-refractivity contribution is 5.85. The van der Waals surface area contributed by atoms with Crippen molar-refractivity contribution in [2.75, 3.05) is 26.2 Å². The van der Waals surface area contributed by atoms with E-state index in [1.54, 1.807) is 0 Å². The molecular weight excluding hydrogens is 328 g/mol. The molecular formula is C12H23Cl2F3N4. The van der Waals surface area contributed by atoms with Gasteiger partial charge in [0.05, 0.1) is 0 Å². The first-order valence-electron chi connectivity index (χ1n) is 6.41. The first kappa shape index (κ1) is 22.8. The summed E-state index contributed by atoms with van der Waals surface area (Å²) < 4.78 is 39.3. The summed E-state index contributed by atoms with van der Waals surface area (Å²) in [6.07, 6.45) is -2.98. The highest BCUT2D eigenvalue weighted by atomic mass is 35.5. The lowest BCUT2D eigenvalue weighted by Gasteiger charge is -2.18. The van der Waals surface area contributed by atoms with Gasteiger partial charge in [-0.1, -0.05) is 13.8 Å². The molecule has 0 aromatic carbocycles. The average molecular weight is 351 g/mol. The lowest BCUT2D eigenvalue weighted by molar-refractivity contribution is -0.142. The lowest BCUT2D eigenvalue weighted by atomic mass is 10.2. The van der Waals surface area contributed by atoms with E-state index < -0.39 is 11.9 Å². The van der Waals surface area contributed by atoms with Crippen LogP contribution in [0.1, 0.15) is 25.1 Å². The summed E-state index contributed by atoms with van der Waals surface area (Å²) in [5, 5.41) is 6.50. The van der Waals surface area contributed by atoms with Crippen LogP contribution in [0.4, 0.5) is 13.2 Å². The lowest BCUT2D eigenvalue weighted by Crippen LogP contribution is -2.31. The Labute approximate surface area is 135 Å².